The van der Waals surface area contributed by atoms with Gasteiger partial charge in [-0.3, -0.25) is 9.59 Å². The number of aryl methyl sites for hydroxylation is 2. The van der Waals surface area contributed by atoms with Crippen LogP contribution in [0.15, 0.2) is 71.8 Å². The molecule has 2 N–H and O–H groups in total. The lowest BCUT2D eigenvalue weighted by Crippen LogP contribution is -2.32. The first-order valence-electron chi connectivity index (χ1n) is 9.61. The van der Waals surface area contributed by atoms with Gasteiger partial charge >= 0.3 is 11.8 Å². The number of carbonyl (C=O) groups is 2. The third-order valence-electron chi connectivity index (χ3n) is 4.47. The van der Waals surface area contributed by atoms with E-state index in [-0.39, 0.29) is 6.61 Å². The van der Waals surface area contributed by atoms with Gasteiger partial charge in [-0.25, -0.2) is 5.43 Å². The third kappa shape index (κ3) is 6.17. The zero-order chi connectivity index (χ0) is 22.2. The van der Waals surface area contributed by atoms with Gasteiger partial charge in [-0.05, 0) is 43.7 Å². The van der Waals surface area contributed by atoms with Gasteiger partial charge in [-0.2, -0.15) is 5.10 Å². The Hall–Kier alpha value is -3.64. The maximum Gasteiger partial charge on any atom is 0.329 e. The van der Waals surface area contributed by atoms with E-state index in [1.54, 1.807) is 24.3 Å². The van der Waals surface area contributed by atoms with Crippen molar-refractivity contribution >= 4 is 35.3 Å². The normalized spacial score (nSPS) is 10.7. The van der Waals surface area contributed by atoms with E-state index in [1.165, 1.54) is 6.21 Å². The van der Waals surface area contributed by atoms with Crippen molar-refractivity contribution in [2.45, 2.75) is 20.5 Å². The van der Waals surface area contributed by atoms with Crippen LogP contribution in [-0.4, -0.2) is 18.0 Å². The summed E-state index contributed by atoms with van der Waals surface area (Å²) in [6, 6.07) is 20.2. The number of amides is 2. The zero-order valence-corrected chi connectivity index (χ0v) is 17.9. The number of carbonyl (C=O) groups excluding carboxylic acids is 2. The Labute approximate surface area is 185 Å². The summed E-state index contributed by atoms with van der Waals surface area (Å²) in [6.45, 7) is 4.10. The number of ether oxygens (including phenoxy) is 1. The van der Waals surface area contributed by atoms with Crippen LogP contribution in [0, 0.1) is 13.8 Å². The summed E-state index contributed by atoms with van der Waals surface area (Å²) in [5, 5.41) is 7.08. The van der Waals surface area contributed by atoms with Crippen molar-refractivity contribution in [3.8, 4) is 5.75 Å². The summed E-state index contributed by atoms with van der Waals surface area (Å²) < 4.78 is 5.84. The lowest BCUT2D eigenvalue weighted by atomic mass is 10.1. The Morgan fingerprint density at radius 3 is 2.52 bits per heavy atom. The molecule has 3 aromatic rings. The average molecular weight is 436 g/mol. The van der Waals surface area contributed by atoms with Crippen molar-refractivity contribution < 1.29 is 14.3 Å². The van der Waals surface area contributed by atoms with Gasteiger partial charge in [-0.15, -0.1) is 0 Å². The van der Waals surface area contributed by atoms with Crippen LogP contribution in [0.25, 0.3) is 0 Å². The largest absolute Gasteiger partial charge is 0.488 e. The monoisotopic (exact) mass is 435 g/mol. The van der Waals surface area contributed by atoms with E-state index in [2.05, 4.69) is 15.8 Å². The molecule has 158 valence electrons. The maximum absolute atomic E-state index is 12.1. The van der Waals surface area contributed by atoms with Gasteiger partial charge in [0.2, 0.25) is 0 Å². The van der Waals surface area contributed by atoms with Gasteiger partial charge < -0.3 is 10.1 Å². The fourth-order valence-corrected chi connectivity index (χ4v) is 3.02. The second kappa shape index (κ2) is 10.4. The molecule has 6 nitrogen and oxygen atoms in total. The van der Waals surface area contributed by atoms with Crippen LogP contribution in [-0.2, 0) is 16.2 Å². The number of nitrogens with zero attached hydrogens (tertiary/aromatic N) is 1. The van der Waals surface area contributed by atoms with Gasteiger partial charge in [0.15, 0.2) is 0 Å². The van der Waals surface area contributed by atoms with Crippen molar-refractivity contribution in [3.05, 3.63) is 94.0 Å². The standard InChI is InChI=1S/C24H22ClN3O3/c1-16-11-12-21(17(2)13-16)27-23(29)24(30)28-26-14-18-7-4-6-10-22(18)31-15-19-8-3-5-9-20(19)25/h3-14H,15H2,1-2H3,(H,27,29)(H,28,30)/b26-14-. The first-order chi connectivity index (χ1) is 14.9. The Morgan fingerprint density at radius 1 is 1.00 bits per heavy atom. The highest BCUT2D eigenvalue weighted by Gasteiger charge is 2.14. The molecule has 3 rings (SSSR count). The molecule has 0 fully saturated rings. The first kappa shape index (κ1) is 22.1. The maximum atomic E-state index is 12.1. The second-order valence-electron chi connectivity index (χ2n) is 6.89. The molecule has 0 aliphatic rings. The molecule has 2 amide bonds. The number of hydrogen-bond acceptors (Lipinski definition) is 4. The average Bonchev–Trinajstić information content (AvgIpc) is 2.75. The number of benzene rings is 3. The van der Waals surface area contributed by atoms with E-state index < -0.39 is 11.8 Å². The molecule has 0 aliphatic carbocycles. The fourth-order valence-electron chi connectivity index (χ4n) is 2.83. The Balaban J connectivity index is 1.59. The minimum absolute atomic E-state index is 0.287. The molecule has 0 heterocycles. The lowest BCUT2D eigenvalue weighted by Gasteiger charge is -2.10. The predicted molar refractivity (Wildman–Crippen MR) is 123 cm³/mol. The minimum Gasteiger partial charge on any atom is -0.488 e. The second-order valence-corrected chi connectivity index (χ2v) is 7.30. The van der Waals surface area contributed by atoms with Crippen LogP contribution in [0.1, 0.15) is 22.3 Å². The van der Waals surface area contributed by atoms with E-state index in [0.29, 0.717) is 22.0 Å². The first-order valence-corrected chi connectivity index (χ1v) is 9.98. The lowest BCUT2D eigenvalue weighted by molar-refractivity contribution is -0.136. The number of para-hydroxylation sites is 1. The molecule has 0 aliphatic heterocycles. The topological polar surface area (TPSA) is 79.8 Å². The van der Waals surface area contributed by atoms with Gasteiger partial charge in [-0.1, -0.05) is 59.6 Å². The number of halogens is 1. The summed E-state index contributed by atoms with van der Waals surface area (Å²) in [5.74, 6) is -1.10. The van der Waals surface area contributed by atoms with Crippen molar-refractivity contribution in [1.82, 2.24) is 5.43 Å². The molecule has 0 bridgehead atoms. The summed E-state index contributed by atoms with van der Waals surface area (Å²) in [4.78, 5) is 24.2. The number of rotatable bonds is 6. The number of hydrazone groups is 1. The van der Waals surface area contributed by atoms with Gasteiger partial charge in [0, 0.05) is 21.8 Å². The molecule has 0 unspecified atom stereocenters. The Kier molecular flexibility index (Phi) is 7.40. The van der Waals surface area contributed by atoms with E-state index in [0.717, 1.165) is 16.7 Å². The highest BCUT2D eigenvalue weighted by Crippen LogP contribution is 2.21. The van der Waals surface area contributed by atoms with Crippen molar-refractivity contribution in [1.29, 1.82) is 0 Å². The van der Waals surface area contributed by atoms with E-state index in [4.69, 9.17) is 16.3 Å². The third-order valence-corrected chi connectivity index (χ3v) is 4.83. The molecule has 0 radical (unpaired) electrons. The molecule has 0 saturated carbocycles. The van der Waals surface area contributed by atoms with Crippen LogP contribution in [0.2, 0.25) is 5.02 Å². The van der Waals surface area contributed by atoms with E-state index in [1.807, 2.05) is 56.3 Å². The van der Waals surface area contributed by atoms with Crippen LogP contribution < -0.4 is 15.5 Å². The highest BCUT2D eigenvalue weighted by molar-refractivity contribution is 6.39. The van der Waals surface area contributed by atoms with Gasteiger partial charge in [0.1, 0.15) is 12.4 Å². The van der Waals surface area contributed by atoms with Gasteiger partial charge in [0.05, 0.1) is 6.21 Å². The van der Waals surface area contributed by atoms with Gasteiger partial charge in [0.25, 0.3) is 0 Å². The summed E-state index contributed by atoms with van der Waals surface area (Å²) in [7, 11) is 0. The van der Waals surface area contributed by atoms with E-state index in [9.17, 15) is 9.59 Å². The summed E-state index contributed by atoms with van der Waals surface area (Å²) in [6.07, 6.45) is 1.42. The molecule has 0 atom stereocenters. The molecule has 7 heteroatoms. The number of hydrogen-bond donors (Lipinski definition) is 2. The quantitative estimate of drug-likeness (QED) is 0.336. The van der Waals surface area contributed by atoms with Crippen LogP contribution in [0.5, 0.6) is 5.75 Å². The number of nitrogens with one attached hydrogen (secondary N) is 2. The predicted octanol–water partition coefficient (Wildman–Crippen LogP) is 4.62. The highest BCUT2D eigenvalue weighted by atomic mass is 35.5. The van der Waals surface area contributed by atoms with Crippen molar-refractivity contribution in [2.24, 2.45) is 5.10 Å². The molecular weight excluding hydrogens is 414 g/mol. The Bertz CT molecular complexity index is 1130. The molecule has 0 saturated heterocycles. The summed E-state index contributed by atoms with van der Waals surface area (Å²) >= 11 is 6.16. The SMILES string of the molecule is Cc1ccc(NC(=O)C(=O)N/N=C\c2ccccc2OCc2ccccc2Cl)c(C)c1. The molecule has 0 aromatic heterocycles. The van der Waals surface area contributed by atoms with Crippen LogP contribution >= 0.6 is 11.6 Å². The van der Waals surface area contributed by atoms with Crippen molar-refractivity contribution in [3.63, 3.8) is 0 Å². The smallest absolute Gasteiger partial charge is 0.329 e. The molecule has 31 heavy (non-hydrogen) atoms. The molecule has 0 spiro atoms. The molecular formula is C24H22ClN3O3. The number of anilines is 1. The zero-order valence-electron chi connectivity index (χ0n) is 17.2. The minimum atomic E-state index is -0.870. The Morgan fingerprint density at radius 2 is 1.74 bits per heavy atom. The van der Waals surface area contributed by atoms with Crippen LogP contribution in [0.4, 0.5) is 5.69 Å². The fraction of sp³-hybridized carbons (Fsp3) is 0.125. The van der Waals surface area contributed by atoms with Crippen molar-refractivity contribution in [2.75, 3.05) is 5.32 Å². The van der Waals surface area contributed by atoms with E-state index >= 15 is 0 Å². The van der Waals surface area contributed by atoms with Crippen LogP contribution in [0.3, 0.4) is 0 Å². The summed E-state index contributed by atoms with van der Waals surface area (Å²) in [5.41, 5.74) is 6.25. The molecule has 3 aromatic carbocycles.